The van der Waals surface area contributed by atoms with Crippen LogP contribution < -0.4 is 0 Å². The van der Waals surface area contributed by atoms with Crippen molar-refractivity contribution in [3.8, 4) is 0 Å². The molecular formula is C18H27N3S2. The molecule has 2 atom stereocenters. The molecule has 0 N–H and O–H groups in total. The molecule has 2 aliphatic carbocycles. The van der Waals surface area contributed by atoms with E-state index in [2.05, 4.69) is 54.7 Å². The van der Waals surface area contributed by atoms with E-state index >= 15 is 0 Å². The fourth-order valence-electron chi connectivity index (χ4n) is 4.24. The second-order valence-electron chi connectivity index (χ2n) is 8.91. The van der Waals surface area contributed by atoms with E-state index in [9.17, 15) is 0 Å². The summed E-state index contributed by atoms with van der Waals surface area (Å²) in [7, 11) is 0. The van der Waals surface area contributed by atoms with Crippen molar-refractivity contribution in [3.63, 3.8) is 0 Å². The van der Waals surface area contributed by atoms with E-state index in [1.807, 2.05) is 0 Å². The van der Waals surface area contributed by atoms with Gasteiger partial charge in [-0.15, -0.1) is 0 Å². The standard InChI is InChI=1S/C18H27N3S2/c1-10-9-18(10)14(17(5,6)7)13-12(19-23-20-13)11(16(2,3)4)15(18)21-22-8/h10H,9H2,1-8H3/b21-15-. The molecule has 0 bridgehead atoms. The van der Waals surface area contributed by atoms with E-state index in [0.717, 1.165) is 11.4 Å². The molecule has 0 saturated heterocycles. The number of nitrogens with zero attached hydrogens (tertiary/aromatic N) is 3. The first-order valence-corrected chi connectivity index (χ1v) is 10.2. The van der Waals surface area contributed by atoms with Gasteiger partial charge < -0.3 is 0 Å². The molecule has 1 heterocycles. The molecule has 1 spiro atoms. The van der Waals surface area contributed by atoms with Crippen LogP contribution in [0.1, 0.15) is 54.9 Å². The molecule has 0 radical (unpaired) electrons. The first-order valence-electron chi connectivity index (χ1n) is 8.25. The number of hydrogen-bond donors (Lipinski definition) is 0. The van der Waals surface area contributed by atoms with Crippen LogP contribution in [0.5, 0.6) is 0 Å². The van der Waals surface area contributed by atoms with Gasteiger partial charge >= 0.3 is 0 Å². The number of fused-ring (bicyclic) bond motifs is 1. The van der Waals surface area contributed by atoms with Crippen LogP contribution >= 0.6 is 11.9 Å². The van der Waals surface area contributed by atoms with Crippen molar-refractivity contribution in [2.75, 3.05) is 6.26 Å². The SMILES string of the molecule is CS/N=C1/C(C(C)(C)C)=C2N=S=NC2=C(C(C)(C)C)C12CC2C. The van der Waals surface area contributed by atoms with Gasteiger partial charge in [0.05, 0.1) is 17.1 Å². The lowest BCUT2D eigenvalue weighted by molar-refractivity contribution is 0.427. The third kappa shape index (κ3) is 2.42. The summed E-state index contributed by atoms with van der Waals surface area (Å²) in [6.07, 6.45) is 3.23. The smallest absolute Gasteiger partial charge is 0.110 e. The Balaban J connectivity index is 2.39. The minimum absolute atomic E-state index is 0.0117. The van der Waals surface area contributed by atoms with E-state index in [4.69, 9.17) is 13.1 Å². The van der Waals surface area contributed by atoms with Crippen LogP contribution in [0.15, 0.2) is 35.7 Å². The van der Waals surface area contributed by atoms with Crippen molar-refractivity contribution in [3.05, 3.63) is 22.5 Å². The van der Waals surface area contributed by atoms with Crippen molar-refractivity contribution in [1.29, 1.82) is 0 Å². The first kappa shape index (κ1) is 17.2. The van der Waals surface area contributed by atoms with Crippen LogP contribution in [0, 0.1) is 22.2 Å². The van der Waals surface area contributed by atoms with Crippen LogP contribution in [0.3, 0.4) is 0 Å². The molecule has 0 aromatic heterocycles. The van der Waals surface area contributed by atoms with Crippen molar-refractivity contribution >= 4 is 29.0 Å². The third-order valence-electron chi connectivity index (χ3n) is 5.06. The van der Waals surface area contributed by atoms with Crippen LogP contribution in [0.25, 0.3) is 0 Å². The Morgan fingerprint density at radius 3 is 2.09 bits per heavy atom. The Hall–Kier alpha value is -0.680. The maximum atomic E-state index is 4.95. The van der Waals surface area contributed by atoms with Crippen LogP contribution in [0.4, 0.5) is 0 Å². The van der Waals surface area contributed by atoms with E-state index in [1.54, 1.807) is 11.9 Å². The van der Waals surface area contributed by atoms with E-state index in [-0.39, 0.29) is 16.2 Å². The van der Waals surface area contributed by atoms with Gasteiger partial charge in [0, 0.05) is 17.2 Å². The van der Waals surface area contributed by atoms with Crippen molar-refractivity contribution in [2.45, 2.75) is 54.9 Å². The van der Waals surface area contributed by atoms with Gasteiger partial charge in [0.1, 0.15) is 11.4 Å². The average molecular weight is 350 g/mol. The van der Waals surface area contributed by atoms with Gasteiger partial charge in [0.2, 0.25) is 0 Å². The molecule has 0 aromatic rings. The van der Waals surface area contributed by atoms with E-state index < -0.39 is 0 Å². The highest BCUT2D eigenvalue weighted by Crippen LogP contribution is 2.68. The summed E-state index contributed by atoms with van der Waals surface area (Å²) in [6, 6.07) is 0. The fourth-order valence-corrected chi connectivity index (χ4v) is 5.23. The van der Waals surface area contributed by atoms with Crippen LogP contribution in [0.2, 0.25) is 0 Å². The molecule has 0 amide bonds. The highest BCUT2D eigenvalue weighted by atomic mass is 32.2. The Morgan fingerprint density at radius 2 is 1.65 bits per heavy atom. The van der Waals surface area contributed by atoms with E-state index in [0.29, 0.717) is 5.92 Å². The second-order valence-corrected chi connectivity index (χ2v) is 9.99. The summed E-state index contributed by atoms with van der Waals surface area (Å²) < 4.78 is 14.4. The minimum Gasteiger partial charge on any atom is -0.220 e. The summed E-state index contributed by atoms with van der Waals surface area (Å²) in [6.45, 7) is 16.1. The zero-order valence-corrected chi connectivity index (χ0v) is 17.1. The lowest BCUT2D eigenvalue weighted by Crippen LogP contribution is -2.37. The van der Waals surface area contributed by atoms with Gasteiger partial charge in [-0.05, 0) is 40.7 Å². The zero-order chi connectivity index (χ0) is 17.2. The normalized spacial score (nSPS) is 32.0. The minimum atomic E-state index is 0.0117. The predicted octanol–water partition coefficient (Wildman–Crippen LogP) is 5.81. The summed E-state index contributed by atoms with van der Waals surface area (Å²) in [4.78, 5) is 0. The first-order chi connectivity index (χ1) is 10.5. The molecule has 0 aromatic carbocycles. The molecule has 23 heavy (non-hydrogen) atoms. The highest BCUT2D eigenvalue weighted by Gasteiger charge is 2.64. The van der Waals surface area contributed by atoms with Gasteiger partial charge in [-0.2, -0.15) is 8.73 Å². The predicted molar refractivity (Wildman–Crippen MR) is 102 cm³/mol. The zero-order valence-electron chi connectivity index (χ0n) is 15.4. The second kappa shape index (κ2) is 5.16. The molecule has 3 nitrogen and oxygen atoms in total. The van der Waals surface area contributed by atoms with Gasteiger partial charge in [0.25, 0.3) is 0 Å². The third-order valence-corrected chi connectivity index (χ3v) is 5.95. The number of allylic oxidation sites excluding steroid dienone is 2. The average Bonchev–Trinajstić information content (AvgIpc) is 2.80. The van der Waals surface area contributed by atoms with Crippen LogP contribution in [-0.4, -0.2) is 12.0 Å². The fraction of sp³-hybridized carbons (Fsp3) is 0.722. The molecule has 3 rings (SSSR count). The van der Waals surface area contributed by atoms with Crippen molar-refractivity contribution in [2.24, 2.45) is 35.3 Å². The molecule has 2 unspecified atom stereocenters. The maximum absolute atomic E-state index is 4.95. The quantitative estimate of drug-likeness (QED) is 0.550. The largest absolute Gasteiger partial charge is 0.220 e. The van der Waals surface area contributed by atoms with Crippen LogP contribution in [-0.2, 0) is 11.4 Å². The number of hydrogen-bond acceptors (Lipinski definition) is 4. The summed E-state index contributed by atoms with van der Waals surface area (Å²) in [5, 5.41) is 0. The lowest BCUT2D eigenvalue weighted by Gasteiger charge is -2.40. The summed E-state index contributed by atoms with van der Waals surface area (Å²) in [5.74, 6) is 0.620. The van der Waals surface area contributed by atoms with Gasteiger partial charge in [-0.25, -0.2) is 4.40 Å². The molecule has 126 valence electrons. The lowest BCUT2D eigenvalue weighted by atomic mass is 9.64. The molecular weight excluding hydrogens is 322 g/mol. The molecule has 1 saturated carbocycles. The molecule has 1 aliphatic heterocycles. The topological polar surface area (TPSA) is 37.1 Å². The van der Waals surface area contributed by atoms with Gasteiger partial charge in [-0.3, -0.25) is 0 Å². The van der Waals surface area contributed by atoms with Gasteiger partial charge in [-0.1, -0.05) is 48.5 Å². The Bertz CT molecular complexity index is 722. The Labute approximate surface area is 148 Å². The number of rotatable bonds is 1. The molecule has 3 aliphatic rings. The summed E-state index contributed by atoms with van der Waals surface area (Å²) in [5.41, 5.74) is 6.36. The molecule has 5 heteroatoms. The monoisotopic (exact) mass is 349 g/mol. The summed E-state index contributed by atoms with van der Waals surface area (Å²) >= 11 is 2.91. The Kier molecular flexibility index (Phi) is 3.85. The Morgan fingerprint density at radius 1 is 1.09 bits per heavy atom. The van der Waals surface area contributed by atoms with Crippen molar-refractivity contribution in [1.82, 2.24) is 0 Å². The van der Waals surface area contributed by atoms with E-state index in [1.165, 1.54) is 34.6 Å². The molecule has 1 fully saturated rings. The maximum Gasteiger partial charge on any atom is 0.110 e. The van der Waals surface area contributed by atoms with Gasteiger partial charge in [0.15, 0.2) is 0 Å². The highest BCUT2D eigenvalue weighted by molar-refractivity contribution is 7.97. The van der Waals surface area contributed by atoms with Crippen molar-refractivity contribution < 1.29 is 0 Å².